The fourth-order valence-electron chi connectivity index (χ4n) is 1.66. The van der Waals surface area contributed by atoms with Gasteiger partial charge in [-0.05, 0) is 38.2 Å². The zero-order valence-electron chi connectivity index (χ0n) is 12.5. The van der Waals surface area contributed by atoms with Crippen LogP contribution in [0.1, 0.15) is 49.2 Å². The molecular weight excluding hydrogens is 276 g/mol. The van der Waals surface area contributed by atoms with Crippen molar-refractivity contribution in [2.75, 3.05) is 31.7 Å². The van der Waals surface area contributed by atoms with Crippen molar-refractivity contribution >= 4 is 22.5 Å². The Balaban J connectivity index is 2.35. The second-order valence-electron chi connectivity index (χ2n) is 4.44. The molecular formula is C14H24N2O3S. The summed E-state index contributed by atoms with van der Waals surface area (Å²) in [5.74, 6) is -0.305. The molecule has 0 aliphatic heterocycles. The van der Waals surface area contributed by atoms with Crippen LogP contribution in [0.25, 0.3) is 0 Å². The number of nitrogens with zero attached hydrogens (tertiary/aromatic N) is 1. The maximum atomic E-state index is 11.8. The molecule has 0 spiro atoms. The second-order valence-corrected chi connectivity index (χ2v) is 5.21. The Kier molecular flexibility index (Phi) is 8.22. The van der Waals surface area contributed by atoms with Gasteiger partial charge in [-0.2, -0.15) is 4.37 Å². The van der Waals surface area contributed by atoms with Crippen molar-refractivity contribution in [1.82, 2.24) is 4.37 Å². The Morgan fingerprint density at radius 2 is 2.05 bits per heavy atom. The molecule has 0 saturated carbocycles. The zero-order valence-corrected chi connectivity index (χ0v) is 13.3. The van der Waals surface area contributed by atoms with Crippen molar-refractivity contribution in [2.24, 2.45) is 0 Å². The van der Waals surface area contributed by atoms with Crippen LogP contribution in [0.15, 0.2) is 0 Å². The summed E-state index contributed by atoms with van der Waals surface area (Å²) >= 11 is 1.30. The molecule has 0 amide bonds. The van der Waals surface area contributed by atoms with Gasteiger partial charge in [0.15, 0.2) is 0 Å². The molecule has 0 aromatic carbocycles. The minimum Gasteiger partial charge on any atom is -0.462 e. The van der Waals surface area contributed by atoms with Gasteiger partial charge in [0.1, 0.15) is 10.6 Å². The lowest BCUT2D eigenvalue weighted by Gasteiger charge is -2.07. The Hall–Kier alpha value is -1.14. The van der Waals surface area contributed by atoms with Gasteiger partial charge in [-0.3, -0.25) is 0 Å². The first-order valence-electron chi connectivity index (χ1n) is 7.15. The van der Waals surface area contributed by atoms with Crippen LogP contribution in [0.4, 0.5) is 5.00 Å². The van der Waals surface area contributed by atoms with Crippen LogP contribution in [0.5, 0.6) is 0 Å². The molecule has 114 valence electrons. The van der Waals surface area contributed by atoms with E-state index in [0.29, 0.717) is 12.2 Å². The Labute approximate surface area is 124 Å². The molecule has 5 nitrogen and oxygen atoms in total. The summed E-state index contributed by atoms with van der Waals surface area (Å²) in [4.78, 5) is 11.8. The number of ether oxygens (including phenoxy) is 2. The number of rotatable bonds is 10. The van der Waals surface area contributed by atoms with Crippen molar-refractivity contribution in [3.05, 3.63) is 11.3 Å². The number of unbranched alkanes of at least 4 members (excludes halogenated alkanes) is 1. The number of anilines is 1. The van der Waals surface area contributed by atoms with Crippen molar-refractivity contribution in [3.8, 4) is 0 Å². The van der Waals surface area contributed by atoms with E-state index in [-0.39, 0.29) is 5.97 Å². The monoisotopic (exact) mass is 300 g/mol. The number of hydrogen-bond donors (Lipinski definition) is 1. The van der Waals surface area contributed by atoms with E-state index in [1.807, 2.05) is 6.92 Å². The van der Waals surface area contributed by atoms with E-state index in [1.165, 1.54) is 11.5 Å². The third-order valence-corrected chi connectivity index (χ3v) is 3.63. The molecule has 0 radical (unpaired) electrons. The van der Waals surface area contributed by atoms with E-state index in [0.717, 1.165) is 49.7 Å². The number of hydrogen-bond acceptors (Lipinski definition) is 6. The highest BCUT2D eigenvalue weighted by Gasteiger charge is 2.19. The minimum atomic E-state index is -0.305. The van der Waals surface area contributed by atoms with Gasteiger partial charge >= 0.3 is 5.97 Å². The summed E-state index contributed by atoms with van der Waals surface area (Å²) in [6.45, 7) is 8.46. The second kappa shape index (κ2) is 9.72. The summed E-state index contributed by atoms with van der Waals surface area (Å²) in [5, 5.41) is 4.03. The molecule has 0 unspecified atom stereocenters. The van der Waals surface area contributed by atoms with E-state index >= 15 is 0 Å². The quantitative estimate of drug-likeness (QED) is 0.531. The molecule has 0 aliphatic carbocycles. The first kappa shape index (κ1) is 16.9. The SMILES string of the molecule is CCCCOCCCNc1snc(C)c1C(=O)OCC. The first-order chi connectivity index (χ1) is 9.70. The van der Waals surface area contributed by atoms with Crippen LogP contribution in [0.2, 0.25) is 0 Å². The highest BCUT2D eigenvalue weighted by molar-refractivity contribution is 7.10. The molecule has 0 bridgehead atoms. The van der Waals surface area contributed by atoms with Crippen molar-refractivity contribution in [1.29, 1.82) is 0 Å². The van der Waals surface area contributed by atoms with Crippen LogP contribution < -0.4 is 5.32 Å². The molecule has 1 N–H and O–H groups in total. The van der Waals surface area contributed by atoms with E-state index in [4.69, 9.17) is 9.47 Å². The molecule has 6 heteroatoms. The average Bonchev–Trinajstić information content (AvgIpc) is 2.79. The zero-order chi connectivity index (χ0) is 14.8. The molecule has 0 aliphatic rings. The summed E-state index contributed by atoms with van der Waals surface area (Å²) in [6, 6.07) is 0. The topological polar surface area (TPSA) is 60.5 Å². The molecule has 1 rings (SSSR count). The number of nitrogens with one attached hydrogen (secondary N) is 1. The molecule has 1 aromatic heterocycles. The lowest BCUT2D eigenvalue weighted by molar-refractivity contribution is 0.0527. The third-order valence-electron chi connectivity index (χ3n) is 2.74. The van der Waals surface area contributed by atoms with Gasteiger partial charge in [-0.25, -0.2) is 4.79 Å². The van der Waals surface area contributed by atoms with Gasteiger partial charge < -0.3 is 14.8 Å². The Bertz CT molecular complexity index is 407. The Morgan fingerprint density at radius 1 is 1.30 bits per heavy atom. The summed E-state index contributed by atoms with van der Waals surface area (Å²) in [5.41, 5.74) is 1.28. The lowest BCUT2D eigenvalue weighted by atomic mass is 10.2. The largest absolute Gasteiger partial charge is 0.462 e. The van der Waals surface area contributed by atoms with Crippen LogP contribution in [-0.2, 0) is 9.47 Å². The van der Waals surface area contributed by atoms with Gasteiger partial charge in [-0.1, -0.05) is 13.3 Å². The van der Waals surface area contributed by atoms with E-state index in [2.05, 4.69) is 16.6 Å². The maximum Gasteiger partial charge on any atom is 0.343 e. The molecule has 20 heavy (non-hydrogen) atoms. The van der Waals surface area contributed by atoms with Crippen LogP contribution in [0, 0.1) is 6.92 Å². The standard InChI is InChI=1S/C14H24N2O3S/c1-4-6-9-18-10-7-8-15-13-12(11(3)16-20-13)14(17)19-5-2/h15H,4-10H2,1-3H3. The van der Waals surface area contributed by atoms with Crippen molar-refractivity contribution in [2.45, 2.75) is 40.0 Å². The Morgan fingerprint density at radius 3 is 2.75 bits per heavy atom. The van der Waals surface area contributed by atoms with Crippen LogP contribution in [0.3, 0.4) is 0 Å². The average molecular weight is 300 g/mol. The van der Waals surface area contributed by atoms with Gasteiger partial charge in [0.2, 0.25) is 0 Å². The number of carbonyl (C=O) groups is 1. The van der Waals surface area contributed by atoms with Gasteiger partial charge in [0.05, 0.1) is 12.3 Å². The van der Waals surface area contributed by atoms with E-state index in [9.17, 15) is 4.79 Å². The smallest absolute Gasteiger partial charge is 0.343 e. The van der Waals surface area contributed by atoms with Gasteiger partial charge in [0, 0.05) is 19.8 Å². The van der Waals surface area contributed by atoms with Gasteiger partial charge in [-0.15, -0.1) is 0 Å². The molecule has 1 aromatic rings. The van der Waals surface area contributed by atoms with Crippen LogP contribution >= 0.6 is 11.5 Å². The number of carbonyl (C=O) groups excluding carboxylic acids is 1. The van der Waals surface area contributed by atoms with E-state index in [1.54, 1.807) is 6.92 Å². The maximum absolute atomic E-state index is 11.8. The number of aryl methyl sites for hydroxylation is 1. The molecule has 0 atom stereocenters. The minimum absolute atomic E-state index is 0.305. The van der Waals surface area contributed by atoms with Gasteiger partial charge in [0.25, 0.3) is 0 Å². The van der Waals surface area contributed by atoms with E-state index < -0.39 is 0 Å². The normalized spacial score (nSPS) is 10.6. The third kappa shape index (κ3) is 5.46. The highest BCUT2D eigenvalue weighted by Crippen LogP contribution is 2.25. The predicted molar refractivity (Wildman–Crippen MR) is 81.6 cm³/mol. The summed E-state index contributed by atoms with van der Waals surface area (Å²) in [6.07, 6.45) is 3.17. The fourth-order valence-corrected chi connectivity index (χ4v) is 2.47. The molecule has 1 heterocycles. The highest BCUT2D eigenvalue weighted by atomic mass is 32.1. The van der Waals surface area contributed by atoms with Crippen molar-refractivity contribution < 1.29 is 14.3 Å². The number of esters is 1. The fraction of sp³-hybridized carbons (Fsp3) is 0.714. The number of aromatic nitrogens is 1. The molecule has 0 fully saturated rings. The molecule has 0 saturated heterocycles. The van der Waals surface area contributed by atoms with Crippen LogP contribution in [-0.4, -0.2) is 36.7 Å². The predicted octanol–water partition coefficient (Wildman–Crippen LogP) is 3.25. The van der Waals surface area contributed by atoms with Crippen molar-refractivity contribution in [3.63, 3.8) is 0 Å². The summed E-state index contributed by atoms with van der Waals surface area (Å²) < 4.78 is 14.7. The summed E-state index contributed by atoms with van der Waals surface area (Å²) in [7, 11) is 0. The lowest BCUT2D eigenvalue weighted by Crippen LogP contribution is -2.11. The first-order valence-corrected chi connectivity index (χ1v) is 7.93.